The molecular formula is C17H24BrNO. The Morgan fingerprint density at radius 1 is 1.40 bits per heavy atom. The molecule has 1 aliphatic heterocycles. The van der Waals surface area contributed by atoms with Crippen LogP contribution in [0.25, 0.3) is 0 Å². The molecule has 1 atom stereocenters. The minimum absolute atomic E-state index is 0.125. The van der Waals surface area contributed by atoms with Crippen molar-refractivity contribution in [2.75, 3.05) is 4.90 Å². The molecule has 3 heteroatoms. The molecule has 1 aromatic rings. The van der Waals surface area contributed by atoms with Gasteiger partial charge in [0.15, 0.2) is 0 Å². The zero-order valence-electron chi connectivity index (χ0n) is 13.2. The number of amides is 1. The lowest BCUT2D eigenvalue weighted by Crippen LogP contribution is -2.56. The Balaban J connectivity index is 2.60. The van der Waals surface area contributed by atoms with Gasteiger partial charge in [-0.15, -0.1) is 0 Å². The Bertz CT molecular complexity index is 542. The number of hydrogen-bond acceptors (Lipinski definition) is 1. The number of rotatable bonds is 1. The van der Waals surface area contributed by atoms with E-state index in [4.69, 9.17) is 0 Å². The molecule has 0 aliphatic carbocycles. The summed E-state index contributed by atoms with van der Waals surface area (Å²) in [6, 6.07) is 6.41. The predicted molar refractivity (Wildman–Crippen MR) is 88.8 cm³/mol. The summed E-state index contributed by atoms with van der Waals surface area (Å²) in [7, 11) is 0. The molecule has 110 valence electrons. The van der Waals surface area contributed by atoms with Gasteiger partial charge in [-0.25, -0.2) is 0 Å². The van der Waals surface area contributed by atoms with Gasteiger partial charge in [-0.1, -0.05) is 40.5 Å². The number of carbonyl (C=O) groups excluding carboxylic acids is 1. The van der Waals surface area contributed by atoms with Crippen LogP contribution in [0.2, 0.25) is 0 Å². The zero-order chi connectivity index (χ0) is 15.3. The van der Waals surface area contributed by atoms with Crippen LogP contribution >= 0.6 is 15.9 Å². The van der Waals surface area contributed by atoms with Crippen LogP contribution in [0.15, 0.2) is 18.2 Å². The maximum absolute atomic E-state index is 12.9. The van der Waals surface area contributed by atoms with Gasteiger partial charge in [-0.2, -0.15) is 0 Å². The molecule has 2 nitrogen and oxygen atoms in total. The monoisotopic (exact) mass is 337 g/mol. The molecular weight excluding hydrogens is 314 g/mol. The highest BCUT2D eigenvalue weighted by molar-refractivity contribution is 9.10. The van der Waals surface area contributed by atoms with E-state index in [-0.39, 0.29) is 11.4 Å². The van der Waals surface area contributed by atoms with Gasteiger partial charge in [-0.3, -0.25) is 4.79 Å². The van der Waals surface area contributed by atoms with Gasteiger partial charge < -0.3 is 4.90 Å². The van der Waals surface area contributed by atoms with Gasteiger partial charge in [0, 0.05) is 11.2 Å². The number of aryl methyl sites for hydroxylation is 1. The lowest BCUT2D eigenvalue weighted by atomic mass is 9.79. The Morgan fingerprint density at radius 2 is 2.00 bits per heavy atom. The standard InChI is InChI=1S/C17H24BrNO/c1-11-7-8-14-13(9-11)12(2)10-16(3,4)19(14)15(20)17(5,6)18/h7-9,12H,10H2,1-6H3/t12-/m0/s1. The van der Waals surface area contributed by atoms with Gasteiger partial charge in [0.05, 0.1) is 4.32 Å². The maximum atomic E-state index is 12.9. The number of halogens is 1. The first-order valence-corrected chi connectivity index (χ1v) is 7.97. The lowest BCUT2D eigenvalue weighted by Gasteiger charge is -2.47. The largest absolute Gasteiger partial charge is 0.305 e. The number of hydrogen-bond donors (Lipinski definition) is 0. The van der Waals surface area contributed by atoms with Crippen molar-refractivity contribution >= 4 is 27.5 Å². The van der Waals surface area contributed by atoms with Crippen molar-refractivity contribution in [3.63, 3.8) is 0 Å². The molecule has 2 rings (SSSR count). The average molecular weight is 338 g/mol. The zero-order valence-corrected chi connectivity index (χ0v) is 14.8. The first-order valence-electron chi connectivity index (χ1n) is 7.18. The van der Waals surface area contributed by atoms with Crippen LogP contribution < -0.4 is 4.90 Å². The minimum atomic E-state index is -0.549. The third-order valence-corrected chi connectivity index (χ3v) is 4.42. The maximum Gasteiger partial charge on any atom is 0.243 e. The van der Waals surface area contributed by atoms with E-state index in [0.717, 1.165) is 12.1 Å². The molecule has 0 spiro atoms. The van der Waals surface area contributed by atoms with E-state index >= 15 is 0 Å². The number of carbonyl (C=O) groups is 1. The third-order valence-electron chi connectivity index (χ3n) is 4.08. The molecule has 20 heavy (non-hydrogen) atoms. The highest BCUT2D eigenvalue weighted by atomic mass is 79.9. The molecule has 0 fully saturated rings. The summed E-state index contributed by atoms with van der Waals surface area (Å²) in [5.41, 5.74) is 3.44. The topological polar surface area (TPSA) is 20.3 Å². The molecule has 1 heterocycles. The summed E-state index contributed by atoms with van der Waals surface area (Å²) in [6.45, 7) is 12.5. The van der Waals surface area contributed by atoms with E-state index in [9.17, 15) is 4.79 Å². The fraction of sp³-hybridized carbons (Fsp3) is 0.588. The van der Waals surface area contributed by atoms with Crippen molar-refractivity contribution in [3.05, 3.63) is 29.3 Å². The number of anilines is 1. The van der Waals surface area contributed by atoms with Crippen molar-refractivity contribution < 1.29 is 4.79 Å². The number of benzene rings is 1. The van der Waals surface area contributed by atoms with E-state index in [0.29, 0.717) is 5.92 Å². The van der Waals surface area contributed by atoms with Crippen molar-refractivity contribution in [2.45, 2.75) is 63.7 Å². The van der Waals surface area contributed by atoms with Crippen LogP contribution in [-0.2, 0) is 4.79 Å². The SMILES string of the molecule is Cc1ccc2c(c1)[C@@H](C)CC(C)(C)N2C(=O)C(C)(C)Br. The first-order chi connectivity index (χ1) is 9.04. The number of nitrogens with zero attached hydrogens (tertiary/aromatic N) is 1. The van der Waals surface area contributed by atoms with Crippen LogP contribution in [-0.4, -0.2) is 15.8 Å². The number of alkyl halides is 1. The summed E-state index contributed by atoms with van der Waals surface area (Å²) in [5.74, 6) is 0.599. The highest BCUT2D eigenvalue weighted by Crippen LogP contribution is 2.45. The summed E-state index contributed by atoms with van der Waals surface area (Å²) in [4.78, 5) is 14.9. The van der Waals surface area contributed by atoms with Crippen molar-refractivity contribution in [2.24, 2.45) is 0 Å². The lowest BCUT2D eigenvalue weighted by molar-refractivity contribution is -0.121. The van der Waals surface area contributed by atoms with Gasteiger partial charge >= 0.3 is 0 Å². The van der Waals surface area contributed by atoms with Crippen molar-refractivity contribution in [1.29, 1.82) is 0 Å². The van der Waals surface area contributed by atoms with Crippen LogP contribution in [0.3, 0.4) is 0 Å². The Labute approximate surface area is 130 Å². The molecule has 0 radical (unpaired) electrons. The molecule has 0 aromatic heterocycles. The third kappa shape index (κ3) is 2.65. The normalized spacial score (nSPS) is 21.6. The molecule has 0 unspecified atom stereocenters. The van der Waals surface area contributed by atoms with Crippen LogP contribution in [0.4, 0.5) is 5.69 Å². The van der Waals surface area contributed by atoms with Gasteiger partial charge in [0.25, 0.3) is 0 Å². The summed E-state index contributed by atoms with van der Waals surface area (Å²) in [5, 5.41) is 0. The quantitative estimate of drug-likeness (QED) is 0.675. The predicted octanol–water partition coefficient (Wildman–Crippen LogP) is 4.79. The average Bonchev–Trinajstić information content (AvgIpc) is 2.27. The Kier molecular flexibility index (Phi) is 3.79. The fourth-order valence-corrected chi connectivity index (χ4v) is 3.38. The first kappa shape index (κ1) is 15.6. The minimum Gasteiger partial charge on any atom is -0.305 e. The summed E-state index contributed by atoms with van der Waals surface area (Å²) >= 11 is 3.52. The van der Waals surface area contributed by atoms with Gasteiger partial charge in [0.1, 0.15) is 0 Å². The molecule has 1 aromatic carbocycles. The van der Waals surface area contributed by atoms with E-state index in [1.165, 1.54) is 11.1 Å². The number of fused-ring (bicyclic) bond motifs is 1. The van der Waals surface area contributed by atoms with Gasteiger partial charge in [-0.05, 0) is 58.6 Å². The second kappa shape index (κ2) is 4.87. The van der Waals surface area contributed by atoms with Crippen LogP contribution in [0.5, 0.6) is 0 Å². The smallest absolute Gasteiger partial charge is 0.243 e. The van der Waals surface area contributed by atoms with Crippen LogP contribution in [0, 0.1) is 6.92 Å². The Morgan fingerprint density at radius 3 is 2.55 bits per heavy atom. The molecule has 1 amide bonds. The summed E-state index contributed by atoms with van der Waals surface area (Å²) in [6.07, 6.45) is 0.984. The van der Waals surface area contributed by atoms with Crippen LogP contribution in [0.1, 0.15) is 58.1 Å². The highest BCUT2D eigenvalue weighted by Gasteiger charge is 2.43. The molecule has 0 bridgehead atoms. The molecule has 0 saturated carbocycles. The van der Waals surface area contributed by atoms with E-state index in [1.54, 1.807) is 0 Å². The molecule has 1 aliphatic rings. The second-order valence-electron chi connectivity index (χ2n) is 7.09. The van der Waals surface area contributed by atoms with E-state index in [2.05, 4.69) is 61.8 Å². The van der Waals surface area contributed by atoms with E-state index in [1.807, 2.05) is 18.7 Å². The Hall–Kier alpha value is -0.830. The van der Waals surface area contributed by atoms with Crippen molar-refractivity contribution in [1.82, 2.24) is 0 Å². The summed E-state index contributed by atoms with van der Waals surface area (Å²) < 4.78 is -0.549. The fourth-order valence-electron chi connectivity index (χ4n) is 3.20. The molecule has 0 saturated heterocycles. The van der Waals surface area contributed by atoms with Crippen molar-refractivity contribution in [3.8, 4) is 0 Å². The molecule has 0 N–H and O–H groups in total. The van der Waals surface area contributed by atoms with E-state index < -0.39 is 4.32 Å². The second-order valence-corrected chi connectivity index (χ2v) is 9.08. The van der Waals surface area contributed by atoms with Gasteiger partial charge in [0.2, 0.25) is 5.91 Å².